The monoisotopic (exact) mass is 1540 g/mol. The molecule has 3 unspecified atom stereocenters. The van der Waals surface area contributed by atoms with Crippen molar-refractivity contribution in [3.8, 4) is 0 Å². The Morgan fingerprint density at radius 1 is 0.276 bits per heavy atom. The van der Waals surface area contributed by atoms with E-state index >= 15 is 0 Å². The van der Waals surface area contributed by atoms with Gasteiger partial charge >= 0.3 is 39.5 Å². The molecule has 0 aromatic carbocycles. The Bertz CT molecular complexity index is 2030. The van der Waals surface area contributed by atoms with Gasteiger partial charge in [0.25, 0.3) is 0 Å². The average molecular weight is 1540 g/mol. The van der Waals surface area contributed by atoms with Crippen LogP contribution >= 0.6 is 15.6 Å². The SMILES string of the molecule is CCCCCCCCCCCCCCC(=O)OC[C@H](COP(=O)(O)OC[C@H](O)COP(=O)(O)OC[C@@H](COC(=O)CCCCCCCCCCCCCCCCC(C)C)OC(=O)CCCCCCCCCCCCCCCCCCCCC(C)CC)OC(=O)CCCCCCCCCCCCCC(C)C. The van der Waals surface area contributed by atoms with Crippen molar-refractivity contribution < 1.29 is 80.2 Å². The molecule has 105 heavy (non-hydrogen) atoms. The van der Waals surface area contributed by atoms with Gasteiger partial charge in [-0.3, -0.25) is 37.3 Å². The van der Waals surface area contributed by atoms with Gasteiger partial charge in [-0.05, 0) is 43.4 Å². The Kier molecular flexibility index (Phi) is 74.7. The van der Waals surface area contributed by atoms with Crippen LogP contribution in [0.4, 0.5) is 0 Å². The van der Waals surface area contributed by atoms with Gasteiger partial charge in [-0.15, -0.1) is 0 Å². The molecule has 0 spiro atoms. The fourth-order valence-electron chi connectivity index (χ4n) is 13.3. The van der Waals surface area contributed by atoms with E-state index in [0.717, 1.165) is 108 Å². The molecular weight excluding hydrogens is 1370 g/mol. The van der Waals surface area contributed by atoms with Crippen LogP contribution in [0.2, 0.25) is 0 Å². The molecule has 0 aromatic rings. The minimum atomic E-state index is -4.97. The van der Waals surface area contributed by atoms with Crippen molar-refractivity contribution in [1.82, 2.24) is 0 Å². The van der Waals surface area contributed by atoms with Gasteiger partial charge in [0.1, 0.15) is 19.3 Å². The van der Waals surface area contributed by atoms with Crippen LogP contribution in [0.15, 0.2) is 0 Å². The van der Waals surface area contributed by atoms with E-state index in [9.17, 15) is 43.2 Å². The molecular formula is C86H168O17P2. The lowest BCUT2D eigenvalue weighted by Crippen LogP contribution is -2.30. The third kappa shape index (κ3) is 78.5. The van der Waals surface area contributed by atoms with Gasteiger partial charge in [0.05, 0.1) is 26.4 Å². The molecule has 0 aromatic heterocycles. The summed E-state index contributed by atoms with van der Waals surface area (Å²) in [6, 6.07) is 0. The predicted octanol–water partition coefficient (Wildman–Crippen LogP) is 26.1. The number of esters is 4. The predicted molar refractivity (Wildman–Crippen MR) is 432 cm³/mol. The lowest BCUT2D eigenvalue weighted by molar-refractivity contribution is -0.161. The number of aliphatic hydroxyl groups excluding tert-OH is 1. The first-order chi connectivity index (χ1) is 50.8. The second-order valence-corrected chi connectivity index (χ2v) is 35.0. The summed E-state index contributed by atoms with van der Waals surface area (Å²) in [5.41, 5.74) is 0. The van der Waals surface area contributed by atoms with Crippen molar-refractivity contribution in [2.45, 2.75) is 471 Å². The van der Waals surface area contributed by atoms with Gasteiger partial charge in [-0.1, -0.05) is 402 Å². The topological polar surface area (TPSA) is 237 Å². The Labute approximate surface area is 645 Å². The number of phosphoric ester groups is 2. The molecule has 3 N–H and O–H groups in total. The van der Waals surface area contributed by atoms with Gasteiger partial charge in [-0.2, -0.15) is 0 Å². The molecule has 0 amide bonds. The molecule has 0 heterocycles. The number of carbonyl (C=O) groups is 4. The van der Waals surface area contributed by atoms with Crippen molar-refractivity contribution >= 4 is 39.5 Å². The largest absolute Gasteiger partial charge is 0.472 e. The Morgan fingerprint density at radius 2 is 0.486 bits per heavy atom. The van der Waals surface area contributed by atoms with Crippen molar-refractivity contribution in [3.63, 3.8) is 0 Å². The normalized spacial score (nSPS) is 14.1. The summed E-state index contributed by atoms with van der Waals surface area (Å²) in [6.07, 6.45) is 66.5. The molecule has 0 rings (SSSR count). The van der Waals surface area contributed by atoms with Gasteiger partial charge in [0.15, 0.2) is 12.2 Å². The van der Waals surface area contributed by atoms with E-state index in [4.69, 9.17) is 37.0 Å². The summed E-state index contributed by atoms with van der Waals surface area (Å²) in [5.74, 6) is 0.332. The summed E-state index contributed by atoms with van der Waals surface area (Å²) in [7, 11) is -9.93. The van der Waals surface area contributed by atoms with Crippen molar-refractivity contribution in [1.29, 1.82) is 0 Å². The number of carbonyl (C=O) groups excluding carboxylic acids is 4. The molecule has 0 saturated carbocycles. The third-order valence-corrected chi connectivity index (χ3v) is 22.4. The van der Waals surface area contributed by atoms with E-state index in [-0.39, 0.29) is 25.7 Å². The molecule has 0 fully saturated rings. The number of ether oxygens (including phenoxy) is 4. The van der Waals surface area contributed by atoms with Crippen LogP contribution in [0.5, 0.6) is 0 Å². The maximum absolute atomic E-state index is 13.1. The summed E-state index contributed by atoms with van der Waals surface area (Å²) < 4.78 is 68.9. The van der Waals surface area contributed by atoms with E-state index in [1.54, 1.807) is 0 Å². The van der Waals surface area contributed by atoms with E-state index in [1.807, 2.05) is 0 Å². The quantitative estimate of drug-likeness (QED) is 0.0222. The third-order valence-electron chi connectivity index (χ3n) is 20.5. The van der Waals surface area contributed by atoms with Crippen molar-refractivity contribution in [3.05, 3.63) is 0 Å². The number of aliphatic hydroxyl groups is 1. The van der Waals surface area contributed by atoms with Gasteiger partial charge < -0.3 is 33.8 Å². The zero-order chi connectivity index (χ0) is 77.2. The van der Waals surface area contributed by atoms with Crippen LogP contribution in [-0.2, 0) is 65.4 Å². The van der Waals surface area contributed by atoms with Gasteiger partial charge in [-0.25, -0.2) is 9.13 Å². The van der Waals surface area contributed by atoms with Crippen LogP contribution < -0.4 is 0 Å². The van der Waals surface area contributed by atoms with Gasteiger partial charge in [0.2, 0.25) is 0 Å². The Hall–Kier alpha value is -1.94. The maximum Gasteiger partial charge on any atom is 0.472 e. The number of unbranched alkanes of at least 4 members (excludes halogenated alkanes) is 51. The van der Waals surface area contributed by atoms with E-state index in [2.05, 4.69) is 48.5 Å². The molecule has 17 nitrogen and oxygen atoms in total. The highest BCUT2D eigenvalue weighted by atomic mass is 31.2. The Balaban J connectivity index is 5.24. The number of phosphoric acid groups is 2. The second-order valence-electron chi connectivity index (χ2n) is 32.1. The molecule has 0 aliphatic heterocycles. The highest BCUT2D eigenvalue weighted by molar-refractivity contribution is 7.47. The standard InChI is InChI=1S/C86H168O17P2/c1-8-10-11-12-13-14-15-32-39-46-53-60-67-83(88)96-73-82(103-86(91)70-63-56-49-42-35-28-30-37-44-51-58-65-78(5)6)76-101-105(94,95)99-72-80(87)71-98-104(92,93)100-75-81(74-97-84(89)68-61-54-47-40-33-26-23-22-24-29-36-43-50-57-64-77(3)4)102-85(90)69-62-55-48-41-34-27-21-19-17-16-18-20-25-31-38-45-52-59-66-79(7)9-2/h77-82,87H,8-76H2,1-7H3,(H,92,93)(H,94,95)/t79?,80-,81-,82-/m1/s1. The summed E-state index contributed by atoms with van der Waals surface area (Å²) in [6.45, 7) is 12.1. The zero-order valence-electron chi connectivity index (χ0n) is 69.2. The first-order valence-electron chi connectivity index (χ1n) is 44.4. The molecule has 0 aliphatic rings. The number of hydrogen-bond donors (Lipinski definition) is 3. The molecule has 0 aliphatic carbocycles. The van der Waals surface area contributed by atoms with E-state index < -0.39 is 97.5 Å². The summed E-state index contributed by atoms with van der Waals surface area (Å²) in [5, 5.41) is 10.7. The minimum Gasteiger partial charge on any atom is -0.462 e. The molecule has 19 heteroatoms. The lowest BCUT2D eigenvalue weighted by Gasteiger charge is -2.21. The van der Waals surface area contributed by atoms with Gasteiger partial charge in [0, 0.05) is 25.7 Å². The molecule has 624 valence electrons. The number of rotatable bonds is 84. The van der Waals surface area contributed by atoms with E-state index in [0.29, 0.717) is 25.7 Å². The van der Waals surface area contributed by atoms with Crippen molar-refractivity contribution in [2.75, 3.05) is 39.6 Å². The highest BCUT2D eigenvalue weighted by Crippen LogP contribution is 2.45. The van der Waals surface area contributed by atoms with Crippen LogP contribution in [0.25, 0.3) is 0 Å². The second kappa shape index (κ2) is 76.1. The first-order valence-corrected chi connectivity index (χ1v) is 47.4. The fourth-order valence-corrected chi connectivity index (χ4v) is 14.9. The Morgan fingerprint density at radius 3 is 0.724 bits per heavy atom. The molecule has 0 bridgehead atoms. The summed E-state index contributed by atoms with van der Waals surface area (Å²) >= 11 is 0. The number of hydrogen-bond acceptors (Lipinski definition) is 15. The van der Waals surface area contributed by atoms with E-state index in [1.165, 1.54) is 263 Å². The molecule has 6 atom stereocenters. The smallest absolute Gasteiger partial charge is 0.462 e. The first kappa shape index (κ1) is 103. The highest BCUT2D eigenvalue weighted by Gasteiger charge is 2.30. The zero-order valence-corrected chi connectivity index (χ0v) is 71.0. The van der Waals surface area contributed by atoms with Crippen LogP contribution in [-0.4, -0.2) is 96.7 Å². The summed E-state index contributed by atoms with van der Waals surface area (Å²) in [4.78, 5) is 73.2. The van der Waals surface area contributed by atoms with Crippen LogP contribution in [0.3, 0.4) is 0 Å². The lowest BCUT2D eigenvalue weighted by atomic mass is 9.99. The maximum atomic E-state index is 13.1. The molecule has 0 radical (unpaired) electrons. The average Bonchev–Trinajstić information content (AvgIpc) is 0.909. The molecule has 0 saturated heterocycles. The van der Waals surface area contributed by atoms with Crippen LogP contribution in [0, 0.1) is 17.8 Å². The minimum absolute atomic E-state index is 0.107. The fraction of sp³-hybridized carbons (Fsp3) is 0.953. The van der Waals surface area contributed by atoms with Crippen LogP contribution in [0.1, 0.15) is 453 Å². The van der Waals surface area contributed by atoms with Crippen molar-refractivity contribution in [2.24, 2.45) is 17.8 Å².